The average Bonchev–Trinajstić information content (AvgIpc) is 3.15. The van der Waals surface area contributed by atoms with Gasteiger partial charge in [0, 0.05) is 18.8 Å². The van der Waals surface area contributed by atoms with Crippen LogP contribution in [0.15, 0.2) is 58.8 Å². The van der Waals surface area contributed by atoms with E-state index in [0.29, 0.717) is 11.4 Å². The van der Waals surface area contributed by atoms with Gasteiger partial charge in [0.05, 0.1) is 18.0 Å². The number of nitrogens with zero attached hydrogens (tertiary/aromatic N) is 3. The zero-order chi connectivity index (χ0) is 36.5. The zero-order valence-electron chi connectivity index (χ0n) is 31.7. The fourth-order valence-corrected chi connectivity index (χ4v) is 6.69. The Hall–Kier alpha value is -2.56. The molecule has 9 nitrogen and oxygen atoms in total. The van der Waals surface area contributed by atoms with E-state index < -0.39 is 37.3 Å². The SMILES string of the molecule is CCCCCCCCCCCCN(CCCCCCCCCCCC)c1ccc(N=Nc2ccc(O[C@@H]3O[C@H](CO)[C@@H](O)[C@H](O)[C@H]3O)cc2)cc1. The predicted molar refractivity (Wildman–Crippen MR) is 207 cm³/mol. The van der Waals surface area contributed by atoms with Crippen LogP contribution in [-0.4, -0.2) is 70.8 Å². The molecule has 0 aliphatic carbocycles. The van der Waals surface area contributed by atoms with Crippen molar-refractivity contribution in [2.75, 3.05) is 24.6 Å². The van der Waals surface area contributed by atoms with Crippen LogP contribution in [0.3, 0.4) is 0 Å². The lowest BCUT2D eigenvalue weighted by atomic mass is 9.99. The lowest BCUT2D eigenvalue weighted by molar-refractivity contribution is -0.277. The molecule has 0 bridgehead atoms. The van der Waals surface area contributed by atoms with Gasteiger partial charge in [-0.3, -0.25) is 0 Å². The Bertz CT molecular complexity index is 1140. The average molecular weight is 712 g/mol. The summed E-state index contributed by atoms with van der Waals surface area (Å²) in [7, 11) is 0. The van der Waals surface area contributed by atoms with Gasteiger partial charge in [-0.25, -0.2) is 0 Å². The highest BCUT2D eigenvalue weighted by Gasteiger charge is 2.44. The number of azo groups is 1. The summed E-state index contributed by atoms with van der Waals surface area (Å²) in [6, 6.07) is 15.2. The Morgan fingerprint density at radius 3 is 1.39 bits per heavy atom. The predicted octanol–water partition coefficient (Wildman–Crippen LogP) is 9.93. The van der Waals surface area contributed by atoms with Gasteiger partial charge < -0.3 is 34.8 Å². The van der Waals surface area contributed by atoms with E-state index in [1.807, 2.05) is 12.1 Å². The normalized spacial score (nSPS) is 20.6. The second-order valence-electron chi connectivity index (χ2n) is 14.4. The largest absolute Gasteiger partial charge is 0.462 e. The number of aliphatic hydroxyl groups is 4. The number of anilines is 1. The summed E-state index contributed by atoms with van der Waals surface area (Å²) in [5.41, 5.74) is 2.65. The third kappa shape index (κ3) is 16.8. The van der Waals surface area contributed by atoms with Crippen LogP contribution in [0.5, 0.6) is 5.75 Å². The van der Waals surface area contributed by atoms with Gasteiger partial charge in [-0.15, -0.1) is 0 Å². The number of unbranched alkanes of at least 4 members (excludes halogenated alkanes) is 18. The highest BCUT2D eigenvalue weighted by Crippen LogP contribution is 2.28. The van der Waals surface area contributed by atoms with Gasteiger partial charge in [0.2, 0.25) is 6.29 Å². The van der Waals surface area contributed by atoms with Crippen LogP contribution < -0.4 is 9.64 Å². The molecule has 0 spiro atoms. The first-order valence-electron chi connectivity index (χ1n) is 20.3. The maximum absolute atomic E-state index is 10.2. The summed E-state index contributed by atoms with van der Waals surface area (Å²) in [5.74, 6) is 0.382. The standard InChI is InChI=1S/C42H69N3O6/c1-3-5-7-9-11-13-15-17-19-21-31-45(32-22-20-18-16-14-12-10-8-6-4-2)36-27-23-34(24-28-36)43-44-35-25-29-37(30-26-35)50-42-41(49)40(48)39(47)38(33-46)51-42/h23-30,38-42,46-49H,3-22,31-33H2,1-2H3/t38-,39-,40+,41-,42-/m1/s1. The highest BCUT2D eigenvalue weighted by molar-refractivity contribution is 5.53. The summed E-state index contributed by atoms with van der Waals surface area (Å²) in [4.78, 5) is 2.56. The Balaban J connectivity index is 1.47. The lowest BCUT2D eigenvalue weighted by Gasteiger charge is -2.39. The molecule has 0 unspecified atom stereocenters. The zero-order valence-corrected chi connectivity index (χ0v) is 31.7. The van der Waals surface area contributed by atoms with Gasteiger partial charge in [-0.2, -0.15) is 10.2 Å². The molecule has 1 aliphatic heterocycles. The molecule has 1 fully saturated rings. The molecule has 51 heavy (non-hydrogen) atoms. The van der Waals surface area contributed by atoms with Crippen LogP contribution >= 0.6 is 0 Å². The van der Waals surface area contributed by atoms with Crippen molar-refractivity contribution >= 4 is 17.1 Å². The van der Waals surface area contributed by atoms with Crippen LogP contribution in [-0.2, 0) is 4.74 Å². The number of benzene rings is 2. The van der Waals surface area contributed by atoms with E-state index in [2.05, 4.69) is 41.1 Å². The molecular weight excluding hydrogens is 642 g/mol. The minimum atomic E-state index is -1.49. The first-order valence-corrected chi connectivity index (χ1v) is 20.3. The van der Waals surface area contributed by atoms with E-state index in [1.54, 1.807) is 24.3 Å². The number of hydrogen-bond acceptors (Lipinski definition) is 9. The Kier molecular flexibility index (Phi) is 22.0. The first kappa shape index (κ1) is 42.8. The molecule has 2 aromatic rings. The molecule has 3 rings (SSSR count). The molecule has 0 saturated carbocycles. The van der Waals surface area contributed by atoms with Gasteiger partial charge in [-0.05, 0) is 61.4 Å². The van der Waals surface area contributed by atoms with Crippen LogP contribution in [0.4, 0.5) is 17.1 Å². The summed E-state index contributed by atoms with van der Waals surface area (Å²) in [6.45, 7) is 6.22. The molecular formula is C42H69N3O6. The number of aliphatic hydroxyl groups excluding tert-OH is 4. The minimum absolute atomic E-state index is 0.382. The maximum Gasteiger partial charge on any atom is 0.229 e. The molecule has 4 N–H and O–H groups in total. The molecule has 0 amide bonds. The van der Waals surface area contributed by atoms with Crippen molar-refractivity contribution in [3.05, 3.63) is 48.5 Å². The molecule has 288 valence electrons. The van der Waals surface area contributed by atoms with Crippen LogP contribution in [0.25, 0.3) is 0 Å². The van der Waals surface area contributed by atoms with Crippen LogP contribution in [0.1, 0.15) is 142 Å². The Morgan fingerprint density at radius 2 is 0.961 bits per heavy atom. The number of ether oxygens (including phenoxy) is 2. The third-order valence-corrected chi connectivity index (χ3v) is 10.00. The number of rotatable bonds is 28. The Labute approximate surface area is 308 Å². The van der Waals surface area contributed by atoms with E-state index in [0.717, 1.165) is 18.8 Å². The molecule has 0 aromatic heterocycles. The van der Waals surface area contributed by atoms with Gasteiger partial charge >= 0.3 is 0 Å². The van der Waals surface area contributed by atoms with E-state index in [1.165, 1.54) is 134 Å². The smallest absolute Gasteiger partial charge is 0.229 e. The fourth-order valence-electron chi connectivity index (χ4n) is 6.69. The molecule has 0 radical (unpaired) electrons. The maximum atomic E-state index is 10.2. The van der Waals surface area contributed by atoms with E-state index >= 15 is 0 Å². The van der Waals surface area contributed by atoms with Crippen molar-refractivity contribution in [2.45, 2.75) is 173 Å². The highest BCUT2D eigenvalue weighted by atomic mass is 16.7. The Morgan fingerprint density at radius 1 is 0.549 bits per heavy atom. The van der Waals surface area contributed by atoms with Gasteiger partial charge in [0.1, 0.15) is 30.2 Å². The summed E-state index contributed by atoms with van der Waals surface area (Å²) in [6.07, 6.45) is 20.3. The van der Waals surface area contributed by atoms with E-state index in [9.17, 15) is 20.4 Å². The summed E-state index contributed by atoms with van der Waals surface area (Å²) < 4.78 is 11.1. The van der Waals surface area contributed by atoms with Crippen molar-refractivity contribution in [2.24, 2.45) is 10.2 Å². The molecule has 9 heteroatoms. The van der Waals surface area contributed by atoms with Gasteiger partial charge in [-0.1, -0.05) is 129 Å². The molecule has 1 heterocycles. The van der Waals surface area contributed by atoms with E-state index in [4.69, 9.17) is 9.47 Å². The van der Waals surface area contributed by atoms with Crippen molar-refractivity contribution in [1.29, 1.82) is 0 Å². The first-order chi connectivity index (χ1) is 25.0. The van der Waals surface area contributed by atoms with Crippen molar-refractivity contribution < 1.29 is 29.9 Å². The molecule has 1 aliphatic rings. The topological polar surface area (TPSA) is 127 Å². The second-order valence-corrected chi connectivity index (χ2v) is 14.4. The minimum Gasteiger partial charge on any atom is -0.462 e. The monoisotopic (exact) mass is 712 g/mol. The summed E-state index contributed by atoms with van der Waals surface area (Å²) in [5, 5.41) is 48.5. The summed E-state index contributed by atoms with van der Waals surface area (Å²) >= 11 is 0. The van der Waals surface area contributed by atoms with E-state index in [-0.39, 0.29) is 0 Å². The third-order valence-electron chi connectivity index (χ3n) is 10.00. The number of hydrogen-bond donors (Lipinski definition) is 4. The van der Waals surface area contributed by atoms with Gasteiger partial charge in [0.15, 0.2) is 0 Å². The second kappa shape index (κ2) is 26.2. The fraction of sp³-hybridized carbons (Fsp3) is 0.714. The van der Waals surface area contributed by atoms with Crippen LogP contribution in [0, 0.1) is 0 Å². The molecule has 1 saturated heterocycles. The molecule has 5 atom stereocenters. The van der Waals surface area contributed by atoms with Crippen molar-refractivity contribution in [3.8, 4) is 5.75 Å². The lowest BCUT2D eigenvalue weighted by Crippen LogP contribution is -2.60. The van der Waals surface area contributed by atoms with Crippen molar-refractivity contribution in [3.63, 3.8) is 0 Å². The van der Waals surface area contributed by atoms with Gasteiger partial charge in [0.25, 0.3) is 0 Å². The van der Waals surface area contributed by atoms with Crippen molar-refractivity contribution in [1.82, 2.24) is 0 Å². The quantitative estimate of drug-likeness (QED) is 0.0511. The van der Waals surface area contributed by atoms with Crippen LogP contribution in [0.2, 0.25) is 0 Å². The molecule has 2 aromatic carbocycles.